The van der Waals surface area contributed by atoms with Crippen LogP contribution in [0.4, 0.5) is 0 Å². The van der Waals surface area contributed by atoms with Crippen molar-refractivity contribution in [1.29, 1.82) is 0 Å². The number of carboxylic acid groups (broad SMARTS) is 2. The van der Waals surface area contributed by atoms with Gasteiger partial charge in [0.15, 0.2) is 0 Å². The summed E-state index contributed by atoms with van der Waals surface area (Å²) in [6, 6.07) is 0. The van der Waals surface area contributed by atoms with Crippen LogP contribution >= 0.6 is 0 Å². The summed E-state index contributed by atoms with van der Waals surface area (Å²) in [4.78, 5) is 22.3. The van der Waals surface area contributed by atoms with Gasteiger partial charge in [-0.15, -0.1) is 0 Å². The molecule has 0 unspecified atom stereocenters. The monoisotopic (exact) mass is 284 g/mol. The minimum Gasteiger partial charge on any atom is -0.501 e. The fourth-order valence-electron chi connectivity index (χ4n) is 1.42. The molecule has 0 saturated carbocycles. The molecule has 6 nitrogen and oxygen atoms in total. The molecular weight excluding hydrogens is 264 g/mol. The van der Waals surface area contributed by atoms with Crippen molar-refractivity contribution in [2.24, 2.45) is 0 Å². The zero-order chi connectivity index (χ0) is 15.4. The first-order valence-electron chi connectivity index (χ1n) is 6.18. The molecule has 0 atom stereocenters. The van der Waals surface area contributed by atoms with Crippen molar-refractivity contribution in [3.05, 3.63) is 35.8 Å². The number of carboxylic acids is 2. The summed E-state index contributed by atoms with van der Waals surface area (Å²) in [5.74, 6) is -2.50. The zero-order valence-corrected chi connectivity index (χ0v) is 11.7. The van der Waals surface area contributed by atoms with Crippen molar-refractivity contribution in [1.82, 2.24) is 0 Å². The summed E-state index contributed by atoms with van der Waals surface area (Å²) >= 11 is 0. The van der Waals surface area contributed by atoms with E-state index in [0.717, 1.165) is 0 Å². The minimum atomic E-state index is -1.25. The van der Waals surface area contributed by atoms with Crippen molar-refractivity contribution in [2.45, 2.75) is 26.7 Å². The van der Waals surface area contributed by atoms with Gasteiger partial charge in [0.25, 0.3) is 0 Å². The summed E-state index contributed by atoms with van der Waals surface area (Å²) in [7, 11) is 0. The fraction of sp³-hybridized carbons (Fsp3) is 0.429. The van der Waals surface area contributed by atoms with Gasteiger partial charge in [-0.05, 0) is 13.8 Å². The van der Waals surface area contributed by atoms with Crippen LogP contribution < -0.4 is 0 Å². The van der Waals surface area contributed by atoms with Crippen LogP contribution in [0.25, 0.3) is 0 Å². The molecule has 0 radical (unpaired) electrons. The third-order valence-corrected chi connectivity index (χ3v) is 2.29. The van der Waals surface area contributed by atoms with E-state index in [-0.39, 0.29) is 37.2 Å². The average Bonchev–Trinajstić information content (AvgIpc) is 2.39. The largest absolute Gasteiger partial charge is 0.501 e. The van der Waals surface area contributed by atoms with Crippen LogP contribution in [0.1, 0.15) is 26.7 Å². The van der Waals surface area contributed by atoms with Crippen LogP contribution in [0, 0.1) is 0 Å². The van der Waals surface area contributed by atoms with Crippen molar-refractivity contribution in [2.75, 3.05) is 13.2 Å². The lowest BCUT2D eigenvalue weighted by molar-refractivity contribution is -0.136. The van der Waals surface area contributed by atoms with Gasteiger partial charge in [0.2, 0.25) is 0 Å². The molecule has 0 aromatic heterocycles. The Morgan fingerprint density at radius 2 is 1.20 bits per heavy atom. The molecule has 0 aliphatic rings. The highest BCUT2D eigenvalue weighted by molar-refractivity contribution is 5.98. The number of carbonyl (C=O) groups is 2. The number of hydrogen-bond acceptors (Lipinski definition) is 4. The Labute approximate surface area is 118 Å². The van der Waals surface area contributed by atoms with Gasteiger partial charge in [0.05, 0.1) is 36.9 Å². The van der Waals surface area contributed by atoms with Gasteiger partial charge in [-0.3, -0.25) is 0 Å². The van der Waals surface area contributed by atoms with Gasteiger partial charge in [0.1, 0.15) is 0 Å². The van der Waals surface area contributed by atoms with E-state index >= 15 is 0 Å². The molecule has 0 rings (SSSR count). The first-order chi connectivity index (χ1) is 9.54. The van der Waals surface area contributed by atoms with Gasteiger partial charge < -0.3 is 19.7 Å². The maximum absolute atomic E-state index is 11.1. The molecule has 0 spiro atoms. The highest BCUT2D eigenvalue weighted by atomic mass is 16.5. The predicted molar refractivity (Wildman–Crippen MR) is 73.1 cm³/mol. The Morgan fingerprint density at radius 1 is 0.850 bits per heavy atom. The fourth-order valence-corrected chi connectivity index (χ4v) is 1.42. The van der Waals surface area contributed by atoms with E-state index < -0.39 is 11.9 Å². The van der Waals surface area contributed by atoms with E-state index in [1.165, 1.54) is 12.5 Å². The molecule has 0 heterocycles. The summed E-state index contributed by atoms with van der Waals surface area (Å²) in [6.45, 7) is 3.74. The lowest BCUT2D eigenvalue weighted by Gasteiger charge is -2.09. The lowest BCUT2D eigenvalue weighted by atomic mass is 10.0. The van der Waals surface area contributed by atoms with Crippen LogP contribution in [0.5, 0.6) is 0 Å². The van der Waals surface area contributed by atoms with Gasteiger partial charge in [-0.1, -0.05) is 12.2 Å². The first kappa shape index (κ1) is 17.8. The highest BCUT2D eigenvalue weighted by Gasteiger charge is 2.19. The van der Waals surface area contributed by atoms with E-state index in [9.17, 15) is 9.59 Å². The lowest BCUT2D eigenvalue weighted by Crippen LogP contribution is -2.14. The van der Waals surface area contributed by atoms with Crippen molar-refractivity contribution in [3.63, 3.8) is 0 Å². The molecule has 0 amide bonds. The van der Waals surface area contributed by atoms with Crippen LogP contribution in [-0.4, -0.2) is 35.4 Å². The second-order valence-corrected chi connectivity index (χ2v) is 3.75. The van der Waals surface area contributed by atoms with Crippen molar-refractivity contribution < 1.29 is 29.3 Å². The van der Waals surface area contributed by atoms with Crippen LogP contribution in [0.3, 0.4) is 0 Å². The molecule has 112 valence electrons. The Bertz CT molecular complexity index is 368. The first-order valence-corrected chi connectivity index (χ1v) is 6.18. The van der Waals surface area contributed by atoms with Gasteiger partial charge in [-0.2, -0.15) is 0 Å². The van der Waals surface area contributed by atoms with Gasteiger partial charge in [0, 0.05) is 12.8 Å². The Balaban J connectivity index is 4.84. The summed E-state index contributed by atoms with van der Waals surface area (Å²) in [5.41, 5.74) is -0.322. The average molecular weight is 284 g/mol. The highest BCUT2D eigenvalue weighted by Crippen LogP contribution is 2.14. The summed E-state index contributed by atoms with van der Waals surface area (Å²) in [5, 5.41) is 18.2. The molecule has 20 heavy (non-hydrogen) atoms. The topological polar surface area (TPSA) is 93.1 Å². The van der Waals surface area contributed by atoms with Crippen LogP contribution in [0.2, 0.25) is 0 Å². The second kappa shape index (κ2) is 10.7. The van der Waals surface area contributed by atoms with E-state index in [1.807, 2.05) is 0 Å². The number of ether oxygens (including phenoxy) is 2. The molecule has 2 N–H and O–H groups in total. The van der Waals surface area contributed by atoms with Gasteiger partial charge >= 0.3 is 11.9 Å². The summed E-state index contributed by atoms with van der Waals surface area (Å²) < 4.78 is 10.0. The van der Waals surface area contributed by atoms with E-state index in [1.54, 1.807) is 26.0 Å². The number of allylic oxidation sites excluding steroid dienone is 2. The molecule has 0 fully saturated rings. The maximum Gasteiger partial charge on any atom is 0.332 e. The molecule has 0 bridgehead atoms. The standard InChI is InChI=1S/C14H20O6/c1-3-7-19-9-5-11(13(15)16)12(14(17)18)6-10-20-8-4-2/h3-4,7-8H,5-6,9-10H2,1-2H3,(H,15,16)(H,17,18)/b7-3?,8-4?,12-11+. The minimum absolute atomic E-state index is 0.0188. The molecule has 6 heteroatoms. The van der Waals surface area contributed by atoms with Crippen LogP contribution in [0.15, 0.2) is 35.8 Å². The van der Waals surface area contributed by atoms with Gasteiger partial charge in [-0.25, -0.2) is 9.59 Å². The van der Waals surface area contributed by atoms with E-state index in [2.05, 4.69) is 0 Å². The van der Waals surface area contributed by atoms with Crippen molar-refractivity contribution in [3.8, 4) is 0 Å². The number of aliphatic carboxylic acids is 2. The van der Waals surface area contributed by atoms with Crippen molar-refractivity contribution >= 4 is 11.9 Å². The Morgan fingerprint density at radius 3 is 1.45 bits per heavy atom. The molecular formula is C14H20O6. The zero-order valence-electron chi connectivity index (χ0n) is 11.7. The second-order valence-electron chi connectivity index (χ2n) is 3.75. The predicted octanol–water partition coefficient (Wildman–Crippen LogP) is 2.33. The smallest absolute Gasteiger partial charge is 0.332 e. The third-order valence-electron chi connectivity index (χ3n) is 2.29. The van der Waals surface area contributed by atoms with E-state index in [4.69, 9.17) is 19.7 Å². The normalized spacial score (nSPS) is 12.5. The molecule has 0 aliphatic carbocycles. The third kappa shape index (κ3) is 7.25. The quantitative estimate of drug-likeness (QED) is 0.363. The molecule has 0 aromatic carbocycles. The SMILES string of the molecule is CC=COCC/C(C(=O)O)=C(/CCOC=CC)C(=O)O. The van der Waals surface area contributed by atoms with Crippen LogP contribution in [-0.2, 0) is 19.1 Å². The maximum atomic E-state index is 11.1. The van der Waals surface area contributed by atoms with E-state index in [0.29, 0.717) is 0 Å². The molecule has 0 saturated heterocycles. The molecule has 0 aromatic rings. The number of hydrogen-bond donors (Lipinski definition) is 2. The Hall–Kier alpha value is -2.24. The Kier molecular flexibility index (Phi) is 9.47. The molecule has 0 aliphatic heterocycles. The summed E-state index contributed by atoms with van der Waals surface area (Å²) in [6.07, 6.45) is 6.21. The number of rotatable bonds is 10.